The van der Waals surface area contributed by atoms with Crippen molar-refractivity contribution in [3.05, 3.63) is 53.2 Å². The molecule has 1 atom stereocenters. The van der Waals surface area contributed by atoms with E-state index in [1.165, 1.54) is 11.8 Å². The molecule has 1 amide bonds. The number of nitrogens with one attached hydrogen (secondary N) is 1. The van der Waals surface area contributed by atoms with E-state index in [-0.39, 0.29) is 11.2 Å². The number of amides is 1. The number of anilines is 1. The number of benzene rings is 1. The number of pyridine rings is 1. The van der Waals surface area contributed by atoms with E-state index in [1.807, 2.05) is 6.07 Å². The van der Waals surface area contributed by atoms with Crippen LogP contribution >= 0.6 is 23.4 Å². The summed E-state index contributed by atoms with van der Waals surface area (Å²) in [6.45, 7) is 1.78. The van der Waals surface area contributed by atoms with Crippen LogP contribution in [-0.2, 0) is 4.79 Å². The van der Waals surface area contributed by atoms with Gasteiger partial charge < -0.3 is 5.32 Å². The van der Waals surface area contributed by atoms with E-state index in [0.29, 0.717) is 21.3 Å². The highest BCUT2D eigenvalue weighted by Gasteiger charge is 2.16. The molecule has 2 aromatic rings. The Morgan fingerprint density at radius 3 is 2.95 bits per heavy atom. The third-order valence-corrected chi connectivity index (χ3v) is 4.17. The second kappa shape index (κ2) is 7.11. The molecule has 1 unspecified atom stereocenters. The van der Waals surface area contributed by atoms with Gasteiger partial charge in [0.25, 0.3) is 0 Å². The molecule has 0 bridgehead atoms. The van der Waals surface area contributed by atoms with Crippen LogP contribution < -0.4 is 5.32 Å². The molecule has 6 heteroatoms. The maximum absolute atomic E-state index is 12.1. The van der Waals surface area contributed by atoms with Crippen molar-refractivity contribution in [1.29, 1.82) is 5.26 Å². The lowest BCUT2D eigenvalue weighted by molar-refractivity contribution is -0.115. The fourth-order valence-electron chi connectivity index (χ4n) is 1.59. The van der Waals surface area contributed by atoms with Crippen molar-refractivity contribution >= 4 is 35.0 Å². The predicted molar refractivity (Wildman–Crippen MR) is 84.4 cm³/mol. The van der Waals surface area contributed by atoms with Crippen LogP contribution in [0.5, 0.6) is 0 Å². The van der Waals surface area contributed by atoms with Gasteiger partial charge in [0.1, 0.15) is 5.03 Å². The fourth-order valence-corrected chi connectivity index (χ4v) is 2.65. The highest BCUT2D eigenvalue weighted by atomic mass is 35.5. The summed E-state index contributed by atoms with van der Waals surface area (Å²) in [7, 11) is 0. The number of carbonyl (C=O) groups excluding carboxylic acids is 1. The lowest BCUT2D eigenvalue weighted by atomic mass is 10.2. The summed E-state index contributed by atoms with van der Waals surface area (Å²) in [5, 5.41) is 12.4. The van der Waals surface area contributed by atoms with Gasteiger partial charge in [0.15, 0.2) is 0 Å². The first-order chi connectivity index (χ1) is 10.1. The molecule has 0 aliphatic rings. The van der Waals surface area contributed by atoms with Crippen LogP contribution in [0.4, 0.5) is 5.69 Å². The van der Waals surface area contributed by atoms with E-state index in [1.54, 1.807) is 49.5 Å². The van der Waals surface area contributed by atoms with Gasteiger partial charge in [-0.05, 0) is 37.3 Å². The molecule has 1 heterocycles. The molecule has 106 valence electrons. The zero-order valence-corrected chi connectivity index (χ0v) is 12.8. The molecule has 4 nitrogen and oxygen atoms in total. The Hall–Kier alpha value is -2.03. The van der Waals surface area contributed by atoms with Crippen LogP contribution in [0.2, 0.25) is 5.02 Å². The number of hydrogen-bond acceptors (Lipinski definition) is 4. The SMILES string of the molecule is CC(Sc1ncccc1Cl)C(=O)Nc1cccc(C#N)c1. The highest BCUT2D eigenvalue weighted by molar-refractivity contribution is 8.00. The van der Waals surface area contributed by atoms with Crippen LogP contribution in [0.15, 0.2) is 47.6 Å². The summed E-state index contributed by atoms with van der Waals surface area (Å²) in [5.41, 5.74) is 1.10. The monoisotopic (exact) mass is 317 g/mol. The van der Waals surface area contributed by atoms with Crippen molar-refractivity contribution in [3.8, 4) is 6.07 Å². The van der Waals surface area contributed by atoms with Gasteiger partial charge in [0.2, 0.25) is 5.91 Å². The minimum absolute atomic E-state index is 0.170. The number of thioether (sulfide) groups is 1. The molecule has 0 saturated carbocycles. The van der Waals surface area contributed by atoms with E-state index < -0.39 is 0 Å². The highest BCUT2D eigenvalue weighted by Crippen LogP contribution is 2.28. The second-order valence-corrected chi connectivity index (χ2v) is 5.97. The van der Waals surface area contributed by atoms with Crippen molar-refractivity contribution < 1.29 is 4.79 Å². The molecule has 0 aliphatic heterocycles. The number of carbonyl (C=O) groups is 1. The Labute approximate surface area is 132 Å². The Balaban J connectivity index is 2.03. The van der Waals surface area contributed by atoms with Gasteiger partial charge in [-0.1, -0.05) is 29.4 Å². The molecular formula is C15H12ClN3OS. The number of hydrogen-bond donors (Lipinski definition) is 1. The van der Waals surface area contributed by atoms with Crippen molar-refractivity contribution in [1.82, 2.24) is 4.98 Å². The lowest BCUT2D eigenvalue weighted by Gasteiger charge is -2.12. The zero-order valence-electron chi connectivity index (χ0n) is 11.2. The van der Waals surface area contributed by atoms with Crippen LogP contribution in [0.1, 0.15) is 12.5 Å². The molecule has 2 rings (SSSR count). The molecule has 1 N–H and O–H groups in total. The molecule has 0 radical (unpaired) electrons. The maximum atomic E-state index is 12.1. The van der Waals surface area contributed by atoms with E-state index in [0.717, 1.165) is 0 Å². The van der Waals surface area contributed by atoms with Crippen LogP contribution in [-0.4, -0.2) is 16.1 Å². The lowest BCUT2D eigenvalue weighted by Crippen LogP contribution is -2.22. The summed E-state index contributed by atoms with van der Waals surface area (Å²) in [4.78, 5) is 16.3. The normalized spacial score (nSPS) is 11.5. The minimum Gasteiger partial charge on any atom is -0.325 e. The number of nitrogens with zero attached hydrogens (tertiary/aromatic N) is 2. The van der Waals surface area contributed by atoms with Crippen LogP contribution in [0, 0.1) is 11.3 Å². The number of halogens is 1. The Bertz CT molecular complexity index is 699. The van der Waals surface area contributed by atoms with Gasteiger partial charge in [0.05, 0.1) is 21.9 Å². The first kappa shape index (κ1) is 15.4. The number of nitriles is 1. The third-order valence-electron chi connectivity index (χ3n) is 2.64. The standard InChI is InChI=1S/C15H12ClN3OS/c1-10(21-15-13(16)6-3-7-18-15)14(20)19-12-5-2-4-11(8-12)9-17/h2-8,10H,1H3,(H,19,20). The van der Waals surface area contributed by atoms with E-state index in [2.05, 4.69) is 10.3 Å². The van der Waals surface area contributed by atoms with E-state index in [4.69, 9.17) is 16.9 Å². The van der Waals surface area contributed by atoms with Crippen molar-refractivity contribution in [3.63, 3.8) is 0 Å². The number of aromatic nitrogens is 1. The molecule has 21 heavy (non-hydrogen) atoms. The van der Waals surface area contributed by atoms with Crippen LogP contribution in [0.3, 0.4) is 0 Å². The van der Waals surface area contributed by atoms with Crippen molar-refractivity contribution in [2.45, 2.75) is 17.2 Å². The molecule has 0 saturated heterocycles. The summed E-state index contributed by atoms with van der Waals surface area (Å²) >= 11 is 7.31. The molecule has 0 aliphatic carbocycles. The van der Waals surface area contributed by atoms with Gasteiger partial charge >= 0.3 is 0 Å². The largest absolute Gasteiger partial charge is 0.325 e. The Morgan fingerprint density at radius 2 is 2.24 bits per heavy atom. The predicted octanol–water partition coefficient (Wildman–Crippen LogP) is 3.73. The van der Waals surface area contributed by atoms with Crippen molar-refractivity contribution in [2.24, 2.45) is 0 Å². The smallest absolute Gasteiger partial charge is 0.237 e. The molecule has 1 aromatic heterocycles. The van der Waals surface area contributed by atoms with Crippen molar-refractivity contribution in [2.75, 3.05) is 5.32 Å². The van der Waals surface area contributed by atoms with Gasteiger partial charge in [-0.3, -0.25) is 4.79 Å². The molecular weight excluding hydrogens is 306 g/mol. The van der Waals surface area contributed by atoms with Gasteiger partial charge in [0, 0.05) is 11.9 Å². The topological polar surface area (TPSA) is 65.8 Å². The third kappa shape index (κ3) is 4.22. The summed E-state index contributed by atoms with van der Waals surface area (Å²) in [6, 6.07) is 12.3. The van der Waals surface area contributed by atoms with Gasteiger partial charge in [-0.2, -0.15) is 5.26 Å². The maximum Gasteiger partial charge on any atom is 0.237 e. The Kier molecular flexibility index (Phi) is 5.20. The number of rotatable bonds is 4. The summed E-state index contributed by atoms with van der Waals surface area (Å²) in [5.74, 6) is -0.170. The molecule has 1 aromatic carbocycles. The van der Waals surface area contributed by atoms with Crippen LogP contribution in [0.25, 0.3) is 0 Å². The van der Waals surface area contributed by atoms with Gasteiger partial charge in [-0.25, -0.2) is 4.98 Å². The Morgan fingerprint density at radius 1 is 1.43 bits per heavy atom. The summed E-state index contributed by atoms with van der Waals surface area (Å²) < 4.78 is 0. The minimum atomic E-state index is -0.358. The molecule has 0 fully saturated rings. The zero-order chi connectivity index (χ0) is 15.2. The average Bonchev–Trinajstić information content (AvgIpc) is 2.49. The average molecular weight is 318 g/mol. The van der Waals surface area contributed by atoms with Gasteiger partial charge in [-0.15, -0.1) is 0 Å². The molecule has 0 spiro atoms. The fraction of sp³-hybridized carbons (Fsp3) is 0.133. The first-order valence-corrected chi connectivity index (χ1v) is 7.44. The van der Waals surface area contributed by atoms with E-state index in [9.17, 15) is 4.79 Å². The second-order valence-electron chi connectivity index (χ2n) is 4.23. The van der Waals surface area contributed by atoms with E-state index >= 15 is 0 Å². The first-order valence-electron chi connectivity index (χ1n) is 6.18. The quantitative estimate of drug-likeness (QED) is 0.873. The summed E-state index contributed by atoms with van der Waals surface area (Å²) in [6.07, 6.45) is 1.63.